The van der Waals surface area contributed by atoms with Gasteiger partial charge in [0.05, 0.1) is 0 Å². The molecule has 2 heteroatoms. The topological polar surface area (TPSA) is 32.3 Å². The van der Waals surface area contributed by atoms with Crippen molar-refractivity contribution in [2.24, 2.45) is 5.41 Å². The van der Waals surface area contributed by atoms with E-state index in [-0.39, 0.29) is 0 Å². The molecule has 0 spiro atoms. The zero-order valence-electron chi connectivity index (χ0n) is 9.52. The van der Waals surface area contributed by atoms with E-state index in [1.807, 2.05) is 0 Å². The Morgan fingerprint density at radius 3 is 2.43 bits per heavy atom. The third-order valence-electron chi connectivity index (χ3n) is 3.37. The number of unbranched alkanes of at least 4 members (excludes halogenated alkanes) is 3. The van der Waals surface area contributed by atoms with Crippen LogP contribution in [0.5, 0.6) is 0 Å². The van der Waals surface area contributed by atoms with Crippen LogP contribution in [0.3, 0.4) is 0 Å². The molecule has 1 rings (SSSR count). The lowest BCUT2D eigenvalue weighted by atomic mass is 9.70. The van der Waals surface area contributed by atoms with E-state index < -0.39 is 0 Å². The minimum Gasteiger partial charge on any atom is -0.396 e. The summed E-state index contributed by atoms with van der Waals surface area (Å²) in [6, 6.07) is 0. The second-order valence-electron chi connectivity index (χ2n) is 4.98. The molecule has 0 bridgehead atoms. The summed E-state index contributed by atoms with van der Waals surface area (Å²) >= 11 is 0. The summed E-state index contributed by atoms with van der Waals surface area (Å²) in [5.41, 5.74) is 0.616. The monoisotopic (exact) mass is 199 g/mol. The summed E-state index contributed by atoms with van der Waals surface area (Å²) in [5.74, 6) is 0. The van der Waals surface area contributed by atoms with Crippen molar-refractivity contribution in [3.8, 4) is 0 Å². The Balaban J connectivity index is 1.80. The van der Waals surface area contributed by atoms with Crippen molar-refractivity contribution in [1.29, 1.82) is 0 Å². The summed E-state index contributed by atoms with van der Waals surface area (Å²) in [7, 11) is 0. The first kappa shape index (κ1) is 12.0. The highest BCUT2D eigenvalue weighted by Gasteiger charge is 2.30. The number of aliphatic hydroxyl groups is 1. The maximum atomic E-state index is 8.60. The molecule has 1 aliphatic carbocycles. The van der Waals surface area contributed by atoms with Crippen LogP contribution in [0.1, 0.15) is 51.9 Å². The number of aliphatic hydroxyl groups excluding tert-OH is 1. The molecule has 0 aliphatic heterocycles. The van der Waals surface area contributed by atoms with E-state index >= 15 is 0 Å². The maximum Gasteiger partial charge on any atom is 0.0431 e. The average molecular weight is 199 g/mol. The molecule has 0 aromatic carbocycles. The average Bonchev–Trinajstić information content (AvgIpc) is 2.14. The molecule has 1 saturated carbocycles. The van der Waals surface area contributed by atoms with Gasteiger partial charge in [-0.25, -0.2) is 0 Å². The van der Waals surface area contributed by atoms with Crippen LogP contribution in [-0.4, -0.2) is 24.8 Å². The highest BCUT2D eigenvalue weighted by molar-refractivity contribution is 4.84. The van der Waals surface area contributed by atoms with Crippen molar-refractivity contribution in [2.45, 2.75) is 51.9 Å². The van der Waals surface area contributed by atoms with Crippen LogP contribution < -0.4 is 5.32 Å². The van der Waals surface area contributed by atoms with Gasteiger partial charge in [0.1, 0.15) is 0 Å². The van der Waals surface area contributed by atoms with Crippen LogP contribution in [0.25, 0.3) is 0 Å². The molecule has 84 valence electrons. The SMILES string of the molecule is CC1(CNCCCCCCO)CCC1. The quantitative estimate of drug-likeness (QED) is 0.588. The van der Waals surface area contributed by atoms with E-state index in [0.717, 1.165) is 13.0 Å². The molecular weight excluding hydrogens is 174 g/mol. The first-order valence-corrected chi connectivity index (χ1v) is 6.08. The van der Waals surface area contributed by atoms with Crippen LogP contribution in [0.15, 0.2) is 0 Å². The molecule has 14 heavy (non-hydrogen) atoms. The Bertz CT molecular complexity index is 143. The van der Waals surface area contributed by atoms with Crippen molar-refractivity contribution in [3.05, 3.63) is 0 Å². The molecule has 1 aliphatic rings. The van der Waals surface area contributed by atoms with Crippen LogP contribution in [0, 0.1) is 5.41 Å². The molecule has 0 aromatic heterocycles. The Morgan fingerprint density at radius 1 is 1.14 bits per heavy atom. The lowest BCUT2D eigenvalue weighted by molar-refractivity contribution is 0.157. The van der Waals surface area contributed by atoms with Crippen LogP contribution in [0.2, 0.25) is 0 Å². The first-order valence-electron chi connectivity index (χ1n) is 6.08. The van der Waals surface area contributed by atoms with Gasteiger partial charge in [0.2, 0.25) is 0 Å². The highest BCUT2D eigenvalue weighted by Crippen LogP contribution is 2.39. The number of nitrogens with one attached hydrogen (secondary N) is 1. The Hall–Kier alpha value is -0.0800. The van der Waals surface area contributed by atoms with Crippen LogP contribution >= 0.6 is 0 Å². The summed E-state index contributed by atoms with van der Waals surface area (Å²) in [6.07, 6.45) is 8.90. The van der Waals surface area contributed by atoms with Crippen LogP contribution in [-0.2, 0) is 0 Å². The second kappa shape index (κ2) is 6.41. The van der Waals surface area contributed by atoms with E-state index in [1.165, 1.54) is 45.1 Å². The minimum absolute atomic E-state index is 0.353. The fourth-order valence-electron chi connectivity index (χ4n) is 2.06. The largest absolute Gasteiger partial charge is 0.396 e. The van der Waals surface area contributed by atoms with E-state index in [4.69, 9.17) is 5.11 Å². The molecule has 0 unspecified atom stereocenters. The van der Waals surface area contributed by atoms with Gasteiger partial charge in [0, 0.05) is 13.2 Å². The van der Waals surface area contributed by atoms with E-state index in [1.54, 1.807) is 0 Å². The van der Waals surface area contributed by atoms with E-state index in [9.17, 15) is 0 Å². The third kappa shape index (κ3) is 4.43. The van der Waals surface area contributed by atoms with E-state index in [2.05, 4.69) is 12.2 Å². The zero-order chi connectivity index (χ0) is 10.3. The molecule has 0 radical (unpaired) electrons. The van der Waals surface area contributed by atoms with Gasteiger partial charge in [-0.05, 0) is 37.6 Å². The minimum atomic E-state index is 0.353. The maximum absolute atomic E-state index is 8.60. The van der Waals surface area contributed by atoms with Gasteiger partial charge in [0.15, 0.2) is 0 Å². The molecule has 0 atom stereocenters. The van der Waals surface area contributed by atoms with E-state index in [0.29, 0.717) is 12.0 Å². The van der Waals surface area contributed by atoms with Crippen molar-refractivity contribution >= 4 is 0 Å². The lowest BCUT2D eigenvalue weighted by Crippen LogP contribution is -2.37. The molecule has 0 amide bonds. The van der Waals surface area contributed by atoms with Gasteiger partial charge in [0.25, 0.3) is 0 Å². The molecule has 2 nitrogen and oxygen atoms in total. The van der Waals surface area contributed by atoms with Gasteiger partial charge in [-0.2, -0.15) is 0 Å². The smallest absolute Gasteiger partial charge is 0.0431 e. The lowest BCUT2D eigenvalue weighted by Gasteiger charge is -2.38. The first-order chi connectivity index (χ1) is 6.77. The van der Waals surface area contributed by atoms with Gasteiger partial charge in [-0.3, -0.25) is 0 Å². The van der Waals surface area contributed by atoms with Crippen LogP contribution in [0.4, 0.5) is 0 Å². The predicted octanol–water partition coefficient (Wildman–Crippen LogP) is 2.32. The van der Waals surface area contributed by atoms with Gasteiger partial charge >= 0.3 is 0 Å². The predicted molar refractivity (Wildman–Crippen MR) is 60.4 cm³/mol. The number of hydrogen-bond acceptors (Lipinski definition) is 2. The van der Waals surface area contributed by atoms with Crippen molar-refractivity contribution in [3.63, 3.8) is 0 Å². The summed E-state index contributed by atoms with van der Waals surface area (Å²) < 4.78 is 0. The molecule has 0 heterocycles. The van der Waals surface area contributed by atoms with Gasteiger partial charge in [-0.1, -0.05) is 26.2 Å². The normalized spacial score (nSPS) is 19.3. The molecular formula is C12H25NO. The molecule has 2 N–H and O–H groups in total. The third-order valence-corrected chi connectivity index (χ3v) is 3.37. The zero-order valence-corrected chi connectivity index (χ0v) is 9.52. The standard InChI is InChI=1S/C12H25NO/c1-12(7-6-8-12)11-13-9-4-2-3-5-10-14/h13-14H,2-11H2,1H3. The highest BCUT2D eigenvalue weighted by atomic mass is 16.2. The summed E-state index contributed by atoms with van der Waals surface area (Å²) in [4.78, 5) is 0. The number of rotatable bonds is 8. The Kier molecular flexibility index (Phi) is 5.49. The summed E-state index contributed by atoms with van der Waals surface area (Å²) in [5, 5.41) is 12.1. The molecule has 1 fully saturated rings. The Labute approximate surface area is 88.1 Å². The van der Waals surface area contributed by atoms with Gasteiger partial charge in [-0.15, -0.1) is 0 Å². The van der Waals surface area contributed by atoms with Crippen molar-refractivity contribution in [2.75, 3.05) is 19.7 Å². The fourth-order valence-corrected chi connectivity index (χ4v) is 2.06. The molecule has 0 aromatic rings. The fraction of sp³-hybridized carbons (Fsp3) is 1.00. The molecule has 0 saturated heterocycles. The van der Waals surface area contributed by atoms with Crippen molar-refractivity contribution in [1.82, 2.24) is 5.32 Å². The number of hydrogen-bond donors (Lipinski definition) is 2. The van der Waals surface area contributed by atoms with Gasteiger partial charge < -0.3 is 10.4 Å². The second-order valence-corrected chi connectivity index (χ2v) is 4.98. The van der Waals surface area contributed by atoms with Crippen molar-refractivity contribution < 1.29 is 5.11 Å². The Morgan fingerprint density at radius 2 is 1.86 bits per heavy atom. The summed E-state index contributed by atoms with van der Waals surface area (Å²) in [6.45, 7) is 5.09.